The van der Waals surface area contributed by atoms with Crippen LogP contribution in [0.4, 0.5) is 0 Å². The van der Waals surface area contributed by atoms with Gasteiger partial charge in [-0.2, -0.15) is 0 Å². The smallest absolute Gasteiger partial charge is 0.111 e. The van der Waals surface area contributed by atoms with Crippen LogP contribution in [-0.4, -0.2) is 12.6 Å². The lowest BCUT2D eigenvalue weighted by molar-refractivity contribution is 0.202. The number of hydrogen-bond acceptors (Lipinski definition) is 4. The lowest BCUT2D eigenvalue weighted by Gasteiger charge is -2.30. The van der Waals surface area contributed by atoms with Crippen LogP contribution in [0.15, 0.2) is 23.3 Å². The zero-order chi connectivity index (χ0) is 11.7. The van der Waals surface area contributed by atoms with Crippen LogP contribution in [0.3, 0.4) is 0 Å². The first kappa shape index (κ1) is 11.3. The number of hydrazine groups is 1. The van der Waals surface area contributed by atoms with Crippen molar-refractivity contribution in [3.05, 3.63) is 33.7 Å². The normalized spacial score (nSPS) is 25.0. The Kier molecular flexibility index (Phi) is 3.18. The number of hydrogen-bond donors (Lipinski definition) is 2. The van der Waals surface area contributed by atoms with Crippen molar-refractivity contribution >= 4 is 11.3 Å². The third-order valence-electron chi connectivity index (χ3n) is 3.72. The second-order valence-electron chi connectivity index (χ2n) is 4.69. The summed E-state index contributed by atoms with van der Waals surface area (Å²) < 4.78 is 5.67. The van der Waals surface area contributed by atoms with Crippen molar-refractivity contribution < 1.29 is 4.74 Å². The molecular formula is C13H18N2OS. The van der Waals surface area contributed by atoms with Crippen LogP contribution in [0, 0.1) is 0 Å². The molecule has 92 valence electrons. The molecular weight excluding hydrogens is 232 g/mol. The molecule has 0 amide bonds. The van der Waals surface area contributed by atoms with Gasteiger partial charge in [-0.25, -0.2) is 5.43 Å². The zero-order valence-corrected chi connectivity index (χ0v) is 10.6. The van der Waals surface area contributed by atoms with E-state index in [1.807, 2.05) is 11.3 Å². The summed E-state index contributed by atoms with van der Waals surface area (Å²) in [5.41, 5.74) is 4.43. The average Bonchev–Trinajstić information content (AvgIpc) is 3.00. The van der Waals surface area contributed by atoms with Gasteiger partial charge in [-0.15, -0.1) is 11.3 Å². The highest BCUT2D eigenvalue weighted by Gasteiger charge is 2.32. The van der Waals surface area contributed by atoms with Crippen molar-refractivity contribution in [3.63, 3.8) is 0 Å². The van der Waals surface area contributed by atoms with Crippen LogP contribution >= 0.6 is 11.3 Å². The Hall–Kier alpha value is -0.840. The van der Waals surface area contributed by atoms with Gasteiger partial charge in [-0.05, 0) is 42.3 Å². The van der Waals surface area contributed by atoms with Gasteiger partial charge >= 0.3 is 0 Å². The number of rotatable bonds is 3. The van der Waals surface area contributed by atoms with Crippen LogP contribution < -0.4 is 11.3 Å². The van der Waals surface area contributed by atoms with Crippen LogP contribution in [0.1, 0.15) is 35.6 Å². The summed E-state index contributed by atoms with van der Waals surface area (Å²) in [7, 11) is 0. The maximum atomic E-state index is 5.74. The molecule has 3 N–H and O–H groups in total. The van der Waals surface area contributed by atoms with Crippen LogP contribution in [0.5, 0.6) is 0 Å². The van der Waals surface area contributed by atoms with Gasteiger partial charge < -0.3 is 4.74 Å². The fraction of sp³-hybridized carbons (Fsp3) is 0.538. The lowest BCUT2D eigenvalue weighted by atomic mass is 9.82. The predicted molar refractivity (Wildman–Crippen MR) is 69.8 cm³/mol. The minimum Gasteiger partial charge on any atom is -0.496 e. The van der Waals surface area contributed by atoms with Gasteiger partial charge in [0.15, 0.2) is 0 Å². The van der Waals surface area contributed by atoms with Gasteiger partial charge in [-0.3, -0.25) is 5.84 Å². The molecule has 0 bridgehead atoms. The molecule has 0 saturated heterocycles. The first-order valence-corrected chi connectivity index (χ1v) is 7.13. The molecule has 1 aliphatic heterocycles. The molecule has 2 heterocycles. The second kappa shape index (κ2) is 4.80. The van der Waals surface area contributed by atoms with Crippen molar-refractivity contribution in [2.45, 2.75) is 37.6 Å². The Morgan fingerprint density at radius 3 is 3.24 bits per heavy atom. The van der Waals surface area contributed by atoms with Gasteiger partial charge in [0, 0.05) is 17.2 Å². The van der Waals surface area contributed by atoms with E-state index in [9.17, 15) is 0 Å². The molecule has 1 aromatic rings. The van der Waals surface area contributed by atoms with Crippen molar-refractivity contribution in [2.24, 2.45) is 5.84 Å². The van der Waals surface area contributed by atoms with E-state index in [0.717, 1.165) is 18.8 Å². The molecule has 0 fully saturated rings. The summed E-state index contributed by atoms with van der Waals surface area (Å²) in [4.78, 5) is 1.53. The van der Waals surface area contributed by atoms with Gasteiger partial charge in [0.2, 0.25) is 0 Å². The molecule has 2 atom stereocenters. The fourth-order valence-corrected chi connectivity index (χ4v) is 3.92. The van der Waals surface area contributed by atoms with E-state index >= 15 is 0 Å². The Balaban J connectivity index is 1.88. The van der Waals surface area contributed by atoms with Gasteiger partial charge in [0.25, 0.3) is 0 Å². The average molecular weight is 250 g/mol. The molecule has 2 unspecified atom stereocenters. The van der Waals surface area contributed by atoms with E-state index in [0.29, 0.717) is 5.92 Å². The zero-order valence-electron chi connectivity index (χ0n) is 9.82. The molecule has 1 aliphatic carbocycles. The minimum atomic E-state index is 0.145. The maximum absolute atomic E-state index is 5.74. The molecule has 0 aromatic carbocycles. The van der Waals surface area contributed by atoms with Crippen molar-refractivity contribution in [1.82, 2.24) is 5.43 Å². The van der Waals surface area contributed by atoms with Gasteiger partial charge in [-0.1, -0.05) is 0 Å². The third-order valence-corrected chi connectivity index (χ3v) is 4.72. The SMILES string of the molecule is NNC(C1=CCCO1)C1CCCc2sccc21. The first-order chi connectivity index (χ1) is 8.40. The van der Waals surface area contributed by atoms with E-state index in [-0.39, 0.29) is 6.04 Å². The molecule has 3 rings (SSSR count). The topological polar surface area (TPSA) is 47.3 Å². The van der Waals surface area contributed by atoms with E-state index in [1.54, 1.807) is 0 Å². The molecule has 0 spiro atoms. The number of aryl methyl sites for hydroxylation is 1. The highest BCUT2D eigenvalue weighted by atomic mass is 32.1. The van der Waals surface area contributed by atoms with E-state index in [2.05, 4.69) is 22.9 Å². The summed E-state index contributed by atoms with van der Waals surface area (Å²) >= 11 is 1.87. The predicted octanol–water partition coefficient (Wildman–Crippen LogP) is 2.30. The minimum absolute atomic E-state index is 0.145. The number of nitrogens with two attached hydrogens (primary N) is 1. The Morgan fingerprint density at radius 1 is 1.53 bits per heavy atom. The van der Waals surface area contributed by atoms with Crippen molar-refractivity contribution in [2.75, 3.05) is 6.61 Å². The summed E-state index contributed by atoms with van der Waals surface area (Å²) in [6, 6.07) is 2.40. The molecule has 4 heteroatoms. The summed E-state index contributed by atoms with van der Waals surface area (Å²) in [6.07, 6.45) is 6.85. The summed E-state index contributed by atoms with van der Waals surface area (Å²) in [5, 5.41) is 2.19. The number of ether oxygens (including phenoxy) is 1. The van der Waals surface area contributed by atoms with Crippen molar-refractivity contribution in [3.8, 4) is 0 Å². The standard InChI is InChI=1S/C13H18N2OS/c14-15-13(11-4-2-7-16-11)10-3-1-5-12-9(10)6-8-17-12/h4,6,8,10,13,15H,1-3,5,7,14H2. The van der Waals surface area contributed by atoms with Crippen LogP contribution in [-0.2, 0) is 11.2 Å². The second-order valence-corrected chi connectivity index (χ2v) is 5.69. The number of fused-ring (bicyclic) bond motifs is 1. The Morgan fingerprint density at radius 2 is 2.47 bits per heavy atom. The van der Waals surface area contributed by atoms with Crippen molar-refractivity contribution in [1.29, 1.82) is 0 Å². The first-order valence-electron chi connectivity index (χ1n) is 6.25. The van der Waals surface area contributed by atoms with E-state index in [1.165, 1.54) is 29.7 Å². The molecule has 3 nitrogen and oxygen atoms in total. The molecule has 17 heavy (non-hydrogen) atoms. The molecule has 2 aliphatic rings. The number of nitrogens with one attached hydrogen (secondary N) is 1. The molecule has 0 radical (unpaired) electrons. The van der Waals surface area contributed by atoms with Crippen LogP contribution in [0.25, 0.3) is 0 Å². The van der Waals surface area contributed by atoms with Gasteiger partial charge in [0.05, 0.1) is 12.6 Å². The Bertz CT molecular complexity index is 427. The fourth-order valence-electron chi connectivity index (χ4n) is 2.92. The quantitative estimate of drug-likeness (QED) is 0.639. The largest absolute Gasteiger partial charge is 0.496 e. The van der Waals surface area contributed by atoms with E-state index in [4.69, 9.17) is 10.6 Å². The summed E-state index contributed by atoms with van der Waals surface area (Å²) in [5.74, 6) is 7.25. The Labute approximate surface area is 106 Å². The van der Waals surface area contributed by atoms with E-state index < -0.39 is 0 Å². The monoisotopic (exact) mass is 250 g/mol. The van der Waals surface area contributed by atoms with Gasteiger partial charge in [0.1, 0.15) is 5.76 Å². The maximum Gasteiger partial charge on any atom is 0.111 e. The highest BCUT2D eigenvalue weighted by molar-refractivity contribution is 7.10. The highest BCUT2D eigenvalue weighted by Crippen LogP contribution is 2.39. The molecule has 1 aromatic heterocycles. The number of thiophene rings is 1. The summed E-state index contributed by atoms with van der Waals surface area (Å²) in [6.45, 7) is 0.802. The molecule has 0 saturated carbocycles. The third kappa shape index (κ3) is 2.01. The lowest BCUT2D eigenvalue weighted by Crippen LogP contribution is -2.42. The van der Waals surface area contributed by atoms with Crippen LogP contribution in [0.2, 0.25) is 0 Å².